The molecule has 2 aromatic heterocycles. The average molecular weight is 338 g/mol. The highest BCUT2D eigenvalue weighted by atomic mass is 35.5. The van der Waals surface area contributed by atoms with Gasteiger partial charge in [0.05, 0.1) is 12.0 Å². The van der Waals surface area contributed by atoms with Crippen LogP contribution in [0.1, 0.15) is 37.9 Å². The number of carbonyl (C=O) groups excluding carboxylic acids is 1. The van der Waals surface area contributed by atoms with Gasteiger partial charge in [-0.2, -0.15) is 4.98 Å². The van der Waals surface area contributed by atoms with Gasteiger partial charge in [-0.15, -0.1) is 12.4 Å². The zero-order valence-electron chi connectivity index (χ0n) is 12.7. The molecular formula is C15H20ClN5O2. The summed E-state index contributed by atoms with van der Waals surface area (Å²) in [5.74, 6) is 0.566. The maximum absolute atomic E-state index is 12.0. The van der Waals surface area contributed by atoms with Crippen LogP contribution < -0.4 is 11.1 Å². The molecule has 8 heteroatoms. The lowest BCUT2D eigenvalue weighted by Gasteiger charge is -2.22. The number of anilines is 1. The predicted octanol–water partition coefficient (Wildman–Crippen LogP) is 2.13. The summed E-state index contributed by atoms with van der Waals surface area (Å²) in [4.78, 5) is 20.2. The van der Waals surface area contributed by atoms with Crippen molar-refractivity contribution in [3.8, 4) is 11.5 Å². The fourth-order valence-corrected chi connectivity index (χ4v) is 2.69. The van der Waals surface area contributed by atoms with Crippen molar-refractivity contribution in [1.29, 1.82) is 0 Å². The second-order valence-electron chi connectivity index (χ2n) is 5.56. The molecule has 0 atom stereocenters. The number of nitrogen functional groups attached to an aromatic ring is 1. The van der Waals surface area contributed by atoms with Crippen molar-refractivity contribution in [3.63, 3.8) is 0 Å². The van der Waals surface area contributed by atoms with Gasteiger partial charge in [0.25, 0.3) is 5.89 Å². The molecule has 0 spiro atoms. The van der Waals surface area contributed by atoms with Crippen molar-refractivity contribution in [2.24, 2.45) is 0 Å². The Hall–Kier alpha value is -2.15. The molecule has 7 nitrogen and oxygen atoms in total. The Morgan fingerprint density at radius 1 is 1.35 bits per heavy atom. The van der Waals surface area contributed by atoms with Crippen LogP contribution in [0, 0.1) is 0 Å². The van der Waals surface area contributed by atoms with Crippen LogP contribution in [0.5, 0.6) is 0 Å². The maximum atomic E-state index is 12.0. The molecule has 3 N–H and O–H groups in total. The molecule has 1 aliphatic carbocycles. The van der Waals surface area contributed by atoms with Gasteiger partial charge < -0.3 is 15.6 Å². The van der Waals surface area contributed by atoms with Crippen LogP contribution in [0.4, 0.5) is 5.69 Å². The standard InChI is InChI=1S/C15H19N5O2.ClH/c16-12-6-7-17-9-11(12)15-19-13(20-22-15)8-14(21)18-10-4-2-1-3-5-10;/h6-7,9-10H,1-5,8H2,(H2,16,17)(H,18,21);1H. The molecule has 1 amide bonds. The predicted molar refractivity (Wildman–Crippen MR) is 87.9 cm³/mol. The summed E-state index contributed by atoms with van der Waals surface area (Å²) in [5, 5.41) is 6.87. The first kappa shape index (κ1) is 17.2. The molecule has 1 fully saturated rings. The number of nitrogens with zero attached hydrogens (tertiary/aromatic N) is 3. The van der Waals surface area contributed by atoms with Gasteiger partial charge in [-0.25, -0.2) is 0 Å². The average Bonchev–Trinajstić information content (AvgIpc) is 2.97. The molecular weight excluding hydrogens is 318 g/mol. The molecule has 0 radical (unpaired) electrons. The summed E-state index contributed by atoms with van der Waals surface area (Å²) < 4.78 is 5.16. The monoisotopic (exact) mass is 337 g/mol. The Labute approximate surface area is 140 Å². The molecule has 124 valence electrons. The third-order valence-electron chi connectivity index (χ3n) is 3.84. The summed E-state index contributed by atoms with van der Waals surface area (Å²) in [6, 6.07) is 1.94. The van der Waals surface area contributed by atoms with Crippen LogP contribution in [0.3, 0.4) is 0 Å². The number of hydrogen-bond acceptors (Lipinski definition) is 6. The third-order valence-corrected chi connectivity index (χ3v) is 3.84. The van der Waals surface area contributed by atoms with E-state index in [1.54, 1.807) is 18.5 Å². The molecule has 0 aromatic carbocycles. The molecule has 0 saturated heterocycles. The van der Waals surface area contributed by atoms with Gasteiger partial charge in [-0.1, -0.05) is 24.4 Å². The van der Waals surface area contributed by atoms with Crippen molar-refractivity contribution in [2.45, 2.75) is 44.6 Å². The first-order valence-electron chi connectivity index (χ1n) is 7.54. The van der Waals surface area contributed by atoms with Crippen molar-refractivity contribution < 1.29 is 9.32 Å². The van der Waals surface area contributed by atoms with Crippen LogP contribution in [0.15, 0.2) is 23.0 Å². The quantitative estimate of drug-likeness (QED) is 0.885. The fraction of sp³-hybridized carbons (Fsp3) is 0.467. The molecule has 0 unspecified atom stereocenters. The molecule has 2 heterocycles. The van der Waals surface area contributed by atoms with E-state index < -0.39 is 0 Å². The van der Waals surface area contributed by atoms with E-state index in [1.165, 1.54) is 19.3 Å². The molecule has 0 aliphatic heterocycles. The van der Waals surface area contributed by atoms with Gasteiger partial charge in [-0.05, 0) is 18.9 Å². The smallest absolute Gasteiger partial charge is 0.261 e. The summed E-state index contributed by atoms with van der Waals surface area (Å²) in [6.45, 7) is 0. The molecule has 2 aromatic rings. The van der Waals surface area contributed by atoms with Crippen LogP contribution in [-0.2, 0) is 11.2 Å². The largest absolute Gasteiger partial charge is 0.398 e. The van der Waals surface area contributed by atoms with Crippen molar-refractivity contribution >= 4 is 24.0 Å². The summed E-state index contributed by atoms with van der Waals surface area (Å²) in [6.07, 6.45) is 8.98. The van der Waals surface area contributed by atoms with Crippen molar-refractivity contribution in [2.75, 3.05) is 5.73 Å². The molecule has 1 saturated carbocycles. The number of nitrogens with one attached hydrogen (secondary N) is 1. The van der Waals surface area contributed by atoms with E-state index in [-0.39, 0.29) is 36.7 Å². The number of rotatable bonds is 4. The molecule has 3 rings (SSSR count). The summed E-state index contributed by atoms with van der Waals surface area (Å²) in [7, 11) is 0. The number of carbonyl (C=O) groups is 1. The highest BCUT2D eigenvalue weighted by Crippen LogP contribution is 2.22. The summed E-state index contributed by atoms with van der Waals surface area (Å²) >= 11 is 0. The lowest BCUT2D eigenvalue weighted by Crippen LogP contribution is -2.37. The number of pyridine rings is 1. The number of amides is 1. The third kappa shape index (κ3) is 4.41. The van der Waals surface area contributed by atoms with Gasteiger partial charge in [0.1, 0.15) is 0 Å². The van der Waals surface area contributed by atoms with Gasteiger partial charge in [0.15, 0.2) is 5.82 Å². The molecule has 23 heavy (non-hydrogen) atoms. The van der Waals surface area contributed by atoms with Crippen LogP contribution in [0.2, 0.25) is 0 Å². The van der Waals surface area contributed by atoms with Crippen molar-refractivity contribution in [3.05, 3.63) is 24.3 Å². The van der Waals surface area contributed by atoms with E-state index in [1.807, 2.05) is 0 Å². The van der Waals surface area contributed by atoms with E-state index in [0.29, 0.717) is 17.1 Å². The SMILES string of the molecule is Cl.Nc1ccncc1-c1nc(CC(=O)NC2CCCCC2)no1. The zero-order valence-corrected chi connectivity index (χ0v) is 13.5. The minimum atomic E-state index is -0.0709. The van der Waals surface area contributed by atoms with Gasteiger partial charge in [0.2, 0.25) is 5.91 Å². The lowest BCUT2D eigenvalue weighted by atomic mass is 9.95. The highest BCUT2D eigenvalue weighted by molar-refractivity contribution is 5.85. The van der Waals surface area contributed by atoms with Crippen LogP contribution in [0.25, 0.3) is 11.5 Å². The van der Waals surface area contributed by atoms with Gasteiger partial charge in [-0.3, -0.25) is 9.78 Å². The Balaban J connectivity index is 0.00000192. The van der Waals surface area contributed by atoms with E-state index >= 15 is 0 Å². The first-order valence-corrected chi connectivity index (χ1v) is 7.54. The number of aromatic nitrogens is 3. The van der Waals surface area contributed by atoms with Crippen LogP contribution >= 0.6 is 12.4 Å². The normalized spacial score (nSPS) is 15.0. The Kier molecular flexibility index (Phi) is 5.92. The number of hydrogen-bond donors (Lipinski definition) is 2. The molecule has 1 aliphatic rings. The van der Waals surface area contributed by atoms with E-state index in [9.17, 15) is 4.79 Å². The minimum Gasteiger partial charge on any atom is -0.398 e. The second kappa shape index (κ2) is 7.92. The van der Waals surface area contributed by atoms with Crippen LogP contribution in [-0.4, -0.2) is 27.1 Å². The van der Waals surface area contributed by atoms with E-state index in [4.69, 9.17) is 10.3 Å². The Bertz CT molecular complexity index is 655. The fourth-order valence-electron chi connectivity index (χ4n) is 2.69. The molecule has 0 bridgehead atoms. The lowest BCUT2D eigenvalue weighted by molar-refractivity contribution is -0.121. The Morgan fingerprint density at radius 3 is 2.87 bits per heavy atom. The van der Waals surface area contributed by atoms with Crippen molar-refractivity contribution in [1.82, 2.24) is 20.4 Å². The summed E-state index contributed by atoms with van der Waals surface area (Å²) in [5.41, 5.74) is 6.93. The first-order chi connectivity index (χ1) is 10.7. The van der Waals surface area contributed by atoms with Gasteiger partial charge in [0, 0.05) is 24.1 Å². The van der Waals surface area contributed by atoms with Gasteiger partial charge >= 0.3 is 0 Å². The number of nitrogens with two attached hydrogens (primary N) is 1. The number of halogens is 1. The maximum Gasteiger partial charge on any atom is 0.261 e. The highest BCUT2D eigenvalue weighted by Gasteiger charge is 2.18. The van der Waals surface area contributed by atoms with E-state index in [2.05, 4.69) is 20.4 Å². The zero-order chi connectivity index (χ0) is 15.4. The van der Waals surface area contributed by atoms with E-state index in [0.717, 1.165) is 12.8 Å². The topological polar surface area (TPSA) is 107 Å². The minimum absolute atomic E-state index is 0. The Morgan fingerprint density at radius 2 is 2.13 bits per heavy atom. The second-order valence-corrected chi connectivity index (χ2v) is 5.56.